The van der Waals surface area contributed by atoms with E-state index in [0.29, 0.717) is 6.61 Å². The molecule has 142 valence electrons. The molecule has 0 radical (unpaired) electrons. The highest BCUT2D eigenvalue weighted by Crippen LogP contribution is 2.18. The van der Waals surface area contributed by atoms with Gasteiger partial charge in [-0.25, -0.2) is 0 Å². The lowest BCUT2D eigenvalue weighted by Crippen LogP contribution is -2.55. The molecule has 1 saturated heterocycles. The molecule has 24 heavy (non-hydrogen) atoms. The molecule has 0 saturated carbocycles. The summed E-state index contributed by atoms with van der Waals surface area (Å²) in [6, 6.07) is 0. The van der Waals surface area contributed by atoms with E-state index >= 15 is 0 Å². The van der Waals surface area contributed by atoms with Gasteiger partial charge in [-0.15, -0.1) is 0 Å². The van der Waals surface area contributed by atoms with Gasteiger partial charge >= 0.3 is 0 Å². The van der Waals surface area contributed by atoms with Crippen molar-refractivity contribution in [2.45, 2.75) is 89.1 Å². The molecule has 0 amide bonds. The number of hydrogen-bond donors (Lipinski definition) is 3. The highest BCUT2D eigenvalue weighted by molar-refractivity contribution is 4.87. The first-order valence-corrected chi connectivity index (χ1v) is 9.55. The summed E-state index contributed by atoms with van der Waals surface area (Å²) >= 11 is 0. The van der Waals surface area contributed by atoms with Gasteiger partial charge in [0.25, 0.3) is 0 Å². The van der Waals surface area contributed by atoms with Crippen LogP contribution >= 0.6 is 0 Å². The van der Waals surface area contributed by atoms with Gasteiger partial charge < -0.3 is 24.8 Å². The third kappa shape index (κ3) is 8.58. The van der Waals surface area contributed by atoms with Crippen LogP contribution in [0.4, 0.5) is 0 Å². The maximum absolute atomic E-state index is 9.94. The number of rotatable bonds is 13. The van der Waals surface area contributed by atoms with Gasteiger partial charge in [0.1, 0.15) is 24.4 Å². The largest absolute Gasteiger partial charge is 0.394 e. The molecular formula is C19H36O5. The number of aliphatic hydroxyl groups is 3. The van der Waals surface area contributed by atoms with Gasteiger partial charge in [-0.3, -0.25) is 0 Å². The number of hydrogen-bond acceptors (Lipinski definition) is 5. The quantitative estimate of drug-likeness (QED) is 0.353. The molecule has 0 aromatic carbocycles. The fraction of sp³-hybridized carbons (Fsp3) is 0.895. The number of aliphatic hydroxyl groups excluding tert-OH is 3. The van der Waals surface area contributed by atoms with Crippen molar-refractivity contribution < 1.29 is 24.8 Å². The van der Waals surface area contributed by atoms with Crippen LogP contribution in [0, 0.1) is 0 Å². The molecule has 0 spiro atoms. The highest BCUT2D eigenvalue weighted by atomic mass is 16.6. The van der Waals surface area contributed by atoms with Gasteiger partial charge in [-0.05, 0) is 32.1 Å². The van der Waals surface area contributed by atoms with Crippen LogP contribution in [0.5, 0.6) is 0 Å². The molecule has 5 heteroatoms. The second kappa shape index (κ2) is 13.8. The Morgan fingerprint density at radius 2 is 1.62 bits per heavy atom. The first kappa shape index (κ1) is 21.6. The van der Waals surface area contributed by atoms with Crippen molar-refractivity contribution in [1.82, 2.24) is 0 Å². The summed E-state index contributed by atoms with van der Waals surface area (Å²) in [6.07, 6.45) is 12.0. The van der Waals surface area contributed by atoms with E-state index < -0.39 is 24.4 Å². The summed E-state index contributed by atoms with van der Waals surface area (Å²) in [7, 11) is 0. The van der Waals surface area contributed by atoms with Crippen LogP contribution in [0.15, 0.2) is 12.2 Å². The van der Waals surface area contributed by atoms with Crippen molar-refractivity contribution >= 4 is 0 Å². The minimum Gasteiger partial charge on any atom is -0.394 e. The minimum atomic E-state index is -1.09. The molecule has 1 aliphatic rings. The predicted molar refractivity (Wildman–Crippen MR) is 94.9 cm³/mol. The predicted octanol–water partition coefficient (Wildman–Crippen LogP) is 2.57. The molecule has 0 aromatic rings. The molecule has 0 aliphatic carbocycles. The third-order valence-corrected chi connectivity index (χ3v) is 4.50. The van der Waals surface area contributed by atoms with Crippen molar-refractivity contribution in [1.29, 1.82) is 0 Å². The SMILES string of the molecule is CCCCCC/C=C/CCCCCO[C@@H]1CO[C@@H](CO)[C@H](O)[C@H]1O. The number of ether oxygens (including phenoxy) is 2. The molecule has 1 aliphatic heterocycles. The van der Waals surface area contributed by atoms with Crippen LogP contribution in [0.25, 0.3) is 0 Å². The van der Waals surface area contributed by atoms with E-state index in [-0.39, 0.29) is 13.2 Å². The van der Waals surface area contributed by atoms with E-state index in [2.05, 4.69) is 19.1 Å². The lowest BCUT2D eigenvalue weighted by Gasteiger charge is -2.36. The average molecular weight is 344 g/mol. The molecule has 5 nitrogen and oxygen atoms in total. The summed E-state index contributed by atoms with van der Waals surface area (Å²) in [5.41, 5.74) is 0. The minimum absolute atomic E-state index is 0.213. The molecule has 3 N–H and O–H groups in total. The Balaban J connectivity index is 1.96. The van der Waals surface area contributed by atoms with E-state index in [1.807, 2.05) is 0 Å². The first-order chi connectivity index (χ1) is 11.7. The Hall–Kier alpha value is -0.460. The van der Waals surface area contributed by atoms with Gasteiger partial charge in [0.15, 0.2) is 0 Å². The van der Waals surface area contributed by atoms with Gasteiger partial charge in [0.2, 0.25) is 0 Å². The fourth-order valence-electron chi connectivity index (χ4n) is 2.86. The Morgan fingerprint density at radius 3 is 2.25 bits per heavy atom. The fourth-order valence-corrected chi connectivity index (χ4v) is 2.86. The molecule has 0 bridgehead atoms. The summed E-state index contributed by atoms with van der Waals surface area (Å²) < 4.78 is 10.9. The van der Waals surface area contributed by atoms with Crippen molar-refractivity contribution in [2.75, 3.05) is 19.8 Å². The molecule has 1 heterocycles. The average Bonchev–Trinajstić information content (AvgIpc) is 2.59. The smallest absolute Gasteiger partial charge is 0.111 e. The van der Waals surface area contributed by atoms with E-state index in [4.69, 9.17) is 14.6 Å². The second-order valence-corrected chi connectivity index (χ2v) is 6.61. The van der Waals surface area contributed by atoms with Gasteiger partial charge in [0, 0.05) is 6.61 Å². The van der Waals surface area contributed by atoms with E-state index in [1.54, 1.807) is 0 Å². The van der Waals surface area contributed by atoms with E-state index in [9.17, 15) is 10.2 Å². The third-order valence-electron chi connectivity index (χ3n) is 4.50. The van der Waals surface area contributed by atoms with Crippen LogP contribution in [-0.2, 0) is 9.47 Å². The lowest BCUT2D eigenvalue weighted by atomic mass is 10.0. The van der Waals surface area contributed by atoms with Crippen LogP contribution in [-0.4, -0.2) is 59.6 Å². The van der Waals surface area contributed by atoms with Crippen LogP contribution in [0.1, 0.15) is 64.7 Å². The molecule has 4 atom stereocenters. The normalized spacial score (nSPS) is 27.8. The van der Waals surface area contributed by atoms with Crippen LogP contribution < -0.4 is 0 Å². The van der Waals surface area contributed by atoms with Crippen molar-refractivity contribution in [3.63, 3.8) is 0 Å². The summed E-state index contributed by atoms with van der Waals surface area (Å²) in [5, 5.41) is 28.7. The number of allylic oxidation sites excluding steroid dienone is 2. The van der Waals surface area contributed by atoms with Crippen molar-refractivity contribution in [3.8, 4) is 0 Å². The Kier molecular flexibility index (Phi) is 12.4. The zero-order valence-electron chi connectivity index (χ0n) is 15.1. The topological polar surface area (TPSA) is 79.2 Å². The monoisotopic (exact) mass is 344 g/mol. The van der Waals surface area contributed by atoms with E-state index in [0.717, 1.165) is 25.7 Å². The summed E-state index contributed by atoms with van der Waals surface area (Å²) in [4.78, 5) is 0. The number of unbranched alkanes of at least 4 members (excludes halogenated alkanes) is 7. The molecule has 1 rings (SSSR count). The van der Waals surface area contributed by atoms with E-state index in [1.165, 1.54) is 32.1 Å². The highest BCUT2D eigenvalue weighted by Gasteiger charge is 2.38. The molecule has 0 aromatic heterocycles. The standard InChI is InChI=1S/C19H36O5/c1-2-3-4-5-6-7-8-9-10-11-12-13-23-17-15-24-16(14-20)18(21)19(17)22/h7-8,16-22H,2-6,9-15H2,1H3/b8-7+/t16-,17+,18-,19-/m0/s1. The maximum Gasteiger partial charge on any atom is 0.111 e. The van der Waals surface area contributed by atoms with Gasteiger partial charge in [-0.2, -0.15) is 0 Å². The van der Waals surface area contributed by atoms with Crippen molar-refractivity contribution in [3.05, 3.63) is 12.2 Å². The zero-order valence-corrected chi connectivity index (χ0v) is 15.1. The Morgan fingerprint density at radius 1 is 0.958 bits per heavy atom. The van der Waals surface area contributed by atoms with Gasteiger partial charge in [-0.1, -0.05) is 44.8 Å². The Bertz CT molecular complexity index is 321. The van der Waals surface area contributed by atoms with Crippen LogP contribution in [0.2, 0.25) is 0 Å². The van der Waals surface area contributed by atoms with Crippen molar-refractivity contribution in [2.24, 2.45) is 0 Å². The first-order valence-electron chi connectivity index (χ1n) is 9.55. The molecule has 1 fully saturated rings. The Labute approximate surface area is 146 Å². The summed E-state index contributed by atoms with van der Waals surface area (Å²) in [6.45, 7) is 2.71. The summed E-state index contributed by atoms with van der Waals surface area (Å²) in [5.74, 6) is 0. The maximum atomic E-state index is 9.94. The zero-order chi connectivity index (χ0) is 17.6. The lowest BCUT2D eigenvalue weighted by molar-refractivity contribution is -0.208. The van der Waals surface area contributed by atoms with Gasteiger partial charge in [0.05, 0.1) is 13.2 Å². The molecule has 0 unspecified atom stereocenters. The second-order valence-electron chi connectivity index (χ2n) is 6.61. The molecular weight excluding hydrogens is 308 g/mol. The van der Waals surface area contributed by atoms with Crippen LogP contribution in [0.3, 0.4) is 0 Å².